The number of para-hydroxylation sites is 1. The predicted octanol–water partition coefficient (Wildman–Crippen LogP) is 2.34. The standard InChI is InChI=1S/C26H29ClN2O6/c1-15(2)18(14-30)29-21-23(32)28(17-9-5-4-8-16(17)27)12-6-11-26(21)19(22(29)31)20-24(33)34-13-7-10-25(20,3)35-26/h4-11,15,18-21,30H,12-14H2,1-3H3/t18-,19-,20-,21?,25+,26-/m0/s1. The number of aliphatic hydroxyl groups is 1. The molecule has 1 aromatic carbocycles. The molecule has 0 saturated carbocycles. The molecule has 35 heavy (non-hydrogen) atoms. The molecule has 4 aliphatic rings. The van der Waals surface area contributed by atoms with Crippen molar-refractivity contribution in [2.24, 2.45) is 17.8 Å². The molecular formula is C26H29ClN2O6. The fourth-order valence-corrected chi connectivity index (χ4v) is 6.40. The van der Waals surface area contributed by atoms with Crippen LogP contribution in [0.2, 0.25) is 5.02 Å². The number of hydrogen-bond donors (Lipinski definition) is 1. The Balaban J connectivity index is 1.71. The maximum Gasteiger partial charge on any atom is 0.313 e. The first kappa shape index (κ1) is 24.0. The monoisotopic (exact) mass is 500 g/mol. The van der Waals surface area contributed by atoms with Crippen LogP contribution in [0.15, 0.2) is 48.6 Å². The van der Waals surface area contributed by atoms with Crippen molar-refractivity contribution in [2.75, 3.05) is 24.7 Å². The van der Waals surface area contributed by atoms with E-state index in [0.717, 1.165) is 0 Å². The number of hydrogen-bond acceptors (Lipinski definition) is 6. The fraction of sp³-hybridized carbons (Fsp3) is 0.500. The van der Waals surface area contributed by atoms with Gasteiger partial charge in [0.1, 0.15) is 24.2 Å². The van der Waals surface area contributed by atoms with Gasteiger partial charge in [0.25, 0.3) is 5.91 Å². The highest BCUT2D eigenvalue weighted by molar-refractivity contribution is 6.34. The zero-order valence-corrected chi connectivity index (χ0v) is 20.6. The van der Waals surface area contributed by atoms with E-state index < -0.39 is 47.0 Å². The van der Waals surface area contributed by atoms with Gasteiger partial charge in [-0.25, -0.2) is 0 Å². The van der Waals surface area contributed by atoms with E-state index in [9.17, 15) is 19.5 Å². The number of nitrogens with zero attached hydrogens (tertiary/aromatic N) is 2. The Bertz CT molecular complexity index is 1130. The Labute approximate surface area is 209 Å². The van der Waals surface area contributed by atoms with Gasteiger partial charge >= 0.3 is 5.97 Å². The molecule has 0 radical (unpaired) electrons. The highest BCUT2D eigenvalue weighted by Crippen LogP contribution is 2.58. The smallest absolute Gasteiger partial charge is 0.313 e. The number of aliphatic hydroxyl groups excluding tert-OH is 1. The molecule has 2 fully saturated rings. The molecule has 1 N–H and O–H groups in total. The number of benzene rings is 1. The lowest BCUT2D eigenvalue weighted by Crippen LogP contribution is -2.59. The third-order valence-corrected chi connectivity index (χ3v) is 8.03. The maximum absolute atomic E-state index is 14.3. The normalized spacial score (nSPS) is 34.9. The first-order valence-corrected chi connectivity index (χ1v) is 12.2. The van der Waals surface area contributed by atoms with Gasteiger partial charge in [0.05, 0.1) is 34.9 Å². The number of carbonyl (C=O) groups excluding carboxylic acids is 3. The Morgan fingerprint density at radius 3 is 2.54 bits per heavy atom. The minimum Gasteiger partial charge on any atom is -0.461 e. The third kappa shape index (κ3) is 3.37. The number of likely N-dealkylation sites (tertiary alicyclic amines) is 1. The maximum atomic E-state index is 14.3. The van der Waals surface area contributed by atoms with Crippen molar-refractivity contribution >= 4 is 35.1 Å². The van der Waals surface area contributed by atoms with Gasteiger partial charge in [0, 0.05) is 6.54 Å². The number of amides is 2. The van der Waals surface area contributed by atoms with E-state index in [4.69, 9.17) is 21.1 Å². The summed E-state index contributed by atoms with van der Waals surface area (Å²) in [7, 11) is 0. The zero-order chi connectivity index (χ0) is 25.1. The van der Waals surface area contributed by atoms with Crippen molar-refractivity contribution in [3.8, 4) is 0 Å². The SMILES string of the molecule is CC(C)[C@H](CO)N1C(=O)[C@@H]2[C@H]3C(=O)OCC=C[C@@]3(C)O[C@@]23C=CCN(c2ccccc2Cl)C(=O)C13. The van der Waals surface area contributed by atoms with Crippen LogP contribution in [0.3, 0.4) is 0 Å². The van der Waals surface area contributed by atoms with Crippen molar-refractivity contribution < 1.29 is 29.0 Å². The molecular weight excluding hydrogens is 472 g/mol. The van der Waals surface area contributed by atoms with E-state index in [-0.39, 0.29) is 31.6 Å². The summed E-state index contributed by atoms with van der Waals surface area (Å²) < 4.78 is 12.0. The van der Waals surface area contributed by atoms with Crippen LogP contribution in [0.4, 0.5) is 5.69 Å². The molecule has 0 aliphatic carbocycles. The summed E-state index contributed by atoms with van der Waals surface area (Å²) >= 11 is 6.45. The molecule has 186 valence electrons. The molecule has 2 saturated heterocycles. The highest BCUT2D eigenvalue weighted by Gasteiger charge is 2.75. The molecule has 1 unspecified atom stereocenters. The molecule has 1 aromatic rings. The fourth-order valence-electron chi connectivity index (χ4n) is 6.16. The summed E-state index contributed by atoms with van der Waals surface area (Å²) in [6, 6.07) is 5.27. The second kappa shape index (κ2) is 8.47. The van der Waals surface area contributed by atoms with Crippen molar-refractivity contribution in [3.05, 3.63) is 53.6 Å². The number of esters is 1. The van der Waals surface area contributed by atoms with Gasteiger partial charge in [-0.2, -0.15) is 0 Å². The van der Waals surface area contributed by atoms with Crippen LogP contribution < -0.4 is 4.90 Å². The Kier molecular flexibility index (Phi) is 5.81. The van der Waals surface area contributed by atoms with Crippen LogP contribution in [-0.2, 0) is 23.9 Å². The quantitative estimate of drug-likeness (QED) is 0.503. The van der Waals surface area contributed by atoms with Crippen LogP contribution in [0, 0.1) is 17.8 Å². The van der Waals surface area contributed by atoms with E-state index in [1.165, 1.54) is 9.80 Å². The van der Waals surface area contributed by atoms with Gasteiger partial charge < -0.3 is 24.4 Å². The summed E-state index contributed by atoms with van der Waals surface area (Å²) in [5, 5.41) is 10.7. The van der Waals surface area contributed by atoms with E-state index in [2.05, 4.69) is 0 Å². The summed E-state index contributed by atoms with van der Waals surface area (Å²) in [6.45, 7) is 5.49. The molecule has 5 rings (SSSR count). The van der Waals surface area contributed by atoms with Gasteiger partial charge in [-0.05, 0) is 31.1 Å². The van der Waals surface area contributed by atoms with Crippen molar-refractivity contribution in [1.29, 1.82) is 0 Å². The number of carbonyl (C=O) groups is 3. The average molecular weight is 501 g/mol. The number of ether oxygens (including phenoxy) is 2. The molecule has 8 nitrogen and oxygen atoms in total. The number of fused-ring (bicyclic) bond motifs is 2. The molecule has 2 amide bonds. The lowest BCUT2D eigenvalue weighted by atomic mass is 9.75. The van der Waals surface area contributed by atoms with Crippen LogP contribution >= 0.6 is 11.6 Å². The summed E-state index contributed by atoms with van der Waals surface area (Å²) in [4.78, 5) is 44.6. The van der Waals surface area contributed by atoms with E-state index in [1.807, 2.05) is 13.8 Å². The molecule has 4 heterocycles. The number of rotatable bonds is 4. The minimum absolute atomic E-state index is 0.0929. The van der Waals surface area contributed by atoms with Crippen LogP contribution in [0.25, 0.3) is 0 Å². The highest BCUT2D eigenvalue weighted by atomic mass is 35.5. The summed E-state index contributed by atoms with van der Waals surface area (Å²) in [6.07, 6.45) is 7.00. The topological polar surface area (TPSA) is 96.4 Å². The Morgan fingerprint density at radius 1 is 1.11 bits per heavy atom. The minimum atomic E-state index is -1.41. The van der Waals surface area contributed by atoms with Crippen LogP contribution in [-0.4, -0.2) is 70.8 Å². The number of halogens is 1. The average Bonchev–Trinajstić information content (AvgIpc) is 3.06. The molecule has 9 heteroatoms. The Hall–Kier alpha value is -2.68. The van der Waals surface area contributed by atoms with Gasteiger partial charge in [-0.3, -0.25) is 14.4 Å². The van der Waals surface area contributed by atoms with Gasteiger partial charge in [0.2, 0.25) is 5.91 Å². The van der Waals surface area contributed by atoms with Crippen LogP contribution in [0.5, 0.6) is 0 Å². The largest absolute Gasteiger partial charge is 0.461 e. The first-order chi connectivity index (χ1) is 16.7. The predicted molar refractivity (Wildman–Crippen MR) is 129 cm³/mol. The number of cyclic esters (lactones) is 1. The first-order valence-electron chi connectivity index (χ1n) is 11.9. The molecule has 6 atom stereocenters. The van der Waals surface area contributed by atoms with Gasteiger partial charge in [-0.15, -0.1) is 0 Å². The van der Waals surface area contributed by atoms with Gasteiger partial charge in [0.15, 0.2) is 0 Å². The summed E-state index contributed by atoms with van der Waals surface area (Å²) in [5.41, 5.74) is -2.03. The Morgan fingerprint density at radius 2 is 1.86 bits per heavy atom. The van der Waals surface area contributed by atoms with Gasteiger partial charge in [-0.1, -0.05) is 55.8 Å². The lowest BCUT2D eigenvalue weighted by Gasteiger charge is -2.41. The number of anilines is 1. The summed E-state index contributed by atoms with van der Waals surface area (Å²) in [5.74, 6) is -3.38. The van der Waals surface area contributed by atoms with E-state index in [1.54, 1.807) is 55.5 Å². The lowest BCUT2D eigenvalue weighted by molar-refractivity contribution is -0.158. The van der Waals surface area contributed by atoms with E-state index >= 15 is 0 Å². The molecule has 4 aliphatic heterocycles. The van der Waals surface area contributed by atoms with E-state index in [0.29, 0.717) is 10.7 Å². The van der Waals surface area contributed by atoms with Crippen molar-refractivity contribution in [3.63, 3.8) is 0 Å². The van der Waals surface area contributed by atoms with Crippen molar-refractivity contribution in [2.45, 2.75) is 44.1 Å². The molecule has 0 bridgehead atoms. The molecule has 0 aromatic heterocycles. The molecule has 1 spiro atoms. The van der Waals surface area contributed by atoms with Crippen molar-refractivity contribution in [1.82, 2.24) is 4.90 Å². The second-order valence-corrected chi connectivity index (χ2v) is 10.5. The third-order valence-electron chi connectivity index (χ3n) is 7.71. The second-order valence-electron chi connectivity index (χ2n) is 10.1. The zero-order valence-electron chi connectivity index (χ0n) is 19.9. The van der Waals surface area contributed by atoms with Crippen LogP contribution in [0.1, 0.15) is 20.8 Å².